The van der Waals surface area contributed by atoms with E-state index in [2.05, 4.69) is 16.1 Å². The van der Waals surface area contributed by atoms with Gasteiger partial charge < -0.3 is 9.64 Å². The summed E-state index contributed by atoms with van der Waals surface area (Å²) in [5.41, 5.74) is 3.13. The number of piperidine rings is 1. The van der Waals surface area contributed by atoms with E-state index in [1.54, 1.807) is 18.7 Å². The SMILES string of the molecule is COc1cc(C)cc2c(N3CCC(N(C)S(N)(=O)=O)CC3)cnn12. The predicted molar refractivity (Wildman–Crippen MR) is 92.6 cm³/mol. The summed E-state index contributed by atoms with van der Waals surface area (Å²) in [6, 6.07) is 3.96. The molecule has 0 saturated carbocycles. The molecule has 0 atom stereocenters. The van der Waals surface area contributed by atoms with E-state index in [4.69, 9.17) is 9.88 Å². The van der Waals surface area contributed by atoms with Gasteiger partial charge in [-0.1, -0.05) is 0 Å². The fourth-order valence-corrected chi connectivity index (χ4v) is 3.87. The molecule has 0 radical (unpaired) electrons. The third-order valence-corrected chi connectivity index (χ3v) is 5.74. The summed E-state index contributed by atoms with van der Waals surface area (Å²) in [5.74, 6) is 0.695. The lowest BCUT2D eigenvalue weighted by atomic mass is 10.0. The quantitative estimate of drug-likeness (QED) is 0.876. The average Bonchev–Trinajstić information content (AvgIpc) is 2.96. The second-order valence-electron chi connectivity index (χ2n) is 6.18. The molecule has 0 amide bonds. The van der Waals surface area contributed by atoms with Crippen LogP contribution in [0.15, 0.2) is 18.3 Å². The van der Waals surface area contributed by atoms with Crippen molar-refractivity contribution in [1.29, 1.82) is 0 Å². The Labute approximate surface area is 142 Å². The number of ether oxygens (including phenoxy) is 1. The van der Waals surface area contributed by atoms with Crippen molar-refractivity contribution < 1.29 is 13.2 Å². The van der Waals surface area contributed by atoms with Crippen molar-refractivity contribution in [2.45, 2.75) is 25.8 Å². The number of hydrogen-bond donors (Lipinski definition) is 1. The number of aryl methyl sites for hydroxylation is 1. The van der Waals surface area contributed by atoms with Gasteiger partial charge >= 0.3 is 0 Å². The number of anilines is 1. The molecule has 0 unspecified atom stereocenters. The number of fused-ring (bicyclic) bond motifs is 1. The van der Waals surface area contributed by atoms with E-state index in [0.29, 0.717) is 5.88 Å². The summed E-state index contributed by atoms with van der Waals surface area (Å²) in [4.78, 5) is 2.23. The molecule has 24 heavy (non-hydrogen) atoms. The molecule has 2 N–H and O–H groups in total. The minimum absolute atomic E-state index is 0.0608. The number of nitrogens with two attached hydrogens (primary N) is 1. The highest BCUT2D eigenvalue weighted by molar-refractivity contribution is 7.86. The topological polar surface area (TPSA) is 93.2 Å². The fourth-order valence-electron chi connectivity index (χ4n) is 3.24. The van der Waals surface area contributed by atoms with Gasteiger partial charge in [-0.15, -0.1) is 0 Å². The molecular formula is C15H23N5O3S. The first-order chi connectivity index (χ1) is 11.3. The normalized spacial score (nSPS) is 17.0. The van der Waals surface area contributed by atoms with Crippen molar-refractivity contribution >= 4 is 21.4 Å². The van der Waals surface area contributed by atoms with Gasteiger partial charge in [0.25, 0.3) is 10.2 Å². The van der Waals surface area contributed by atoms with Crippen molar-refractivity contribution in [2.75, 3.05) is 32.1 Å². The maximum Gasteiger partial charge on any atom is 0.276 e. The highest BCUT2D eigenvalue weighted by Gasteiger charge is 2.28. The molecule has 0 bridgehead atoms. The first-order valence-electron chi connectivity index (χ1n) is 7.84. The average molecular weight is 353 g/mol. The van der Waals surface area contributed by atoms with Crippen LogP contribution in [-0.4, -0.2) is 55.6 Å². The third-order valence-electron chi connectivity index (χ3n) is 4.64. The molecule has 1 aliphatic rings. The molecule has 3 heterocycles. The molecule has 2 aromatic heterocycles. The number of nitrogens with zero attached hydrogens (tertiary/aromatic N) is 4. The van der Waals surface area contributed by atoms with E-state index in [-0.39, 0.29) is 6.04 Å². The summed E-state index contributed by atoms with van der Waals surface area (Å²) >= 11 is 0. The van der Waals surface area contributed by atoms with Crippen LogP contribution in [0.4, 0.5) is 5.69 Å². The molecule has 1 saturated heterocycles. The fraction of sp³-hybridized carbons (Fsp3) is 0.533. The molecule has 132 valence electrons. The Hall–Kier alpha value is -1.84. The molecule has 0 aromatic carbocycles. The monoisotopic (exact) mass is 353 g/mol. The van der Waals surface area contributed by atoms with Gasteiger partial charge in [-0.05, 0) is 31.4 Å². The van der Waals surface area contributed by atoms with Gasteiger partial charge in [0.1, 0.15) is 0 Å². The largest absolute Gasteiger partial charge is 0.481 e. The molecule has 1 aliphatic heterocycles. The minimum atomic E-state index is -3.64. The maximum absolute atomic E-state index is 11.5. The van der Waals surface area contributed by atoms with Gasteiger partial charge in [-0.2, -0.15) is 22.3 Å². The Morgan fingerprint density at radius 1 is 1.33 bits per heavy atom. The summed E-state index contributed by atoms with van der Waals surface area (Å²) < 4.78 is 31.4. The Kier molecular flexibility index (Phi) is 4.41. The molecule has 1 fully saturated rings. The lowest BCUT2D eigenvalue weighted by Crippen LogP contribution is -2.47. The smallest absolute Gasteiger partial charge is 0.276 e. The first kappa shape index (κ1) is 17.0. The molecule has 8 nitrogen and oxygen atoms in total. The standard InChI is InChI=1S/C15H23N5O3S/c1-11-8-13-14(10-17-20(13)15(9-11)23-3)19-6-4-12(5-7-19)18(2)24(16,21)22/h8-10,12H,4-7H2,1-3H3,(H2,16,21,22). The number of pyridine rings is 1. The minimum Gasteiger partial charge on any atom is -0.481 e. The van der Waals surface area contributed by atoms with Crippen LogP contribution >= 0.6 is 0 Å². The molecule has 2 aromatic rings. The molecule has 0 aliphatic carbocycles. The van der Waals surface area contributed by atoms with Crippen molar-refractivity contribution in [3.8, 4) is 5.88 Å². The van der Waals surface area contributed by atoms with E-state index in [1.165, 1.54) is 4.31 Å². The summed E-state index contributed by atoms with van der Waals surface area (Å²) in [6.07, 6.45) is 3.29. The van der Waals surface area contributed by atoms with Gasteiger partial charge in [0, 0.05) is 32.2 Å². The van der Waals surface area contributed by atoms with Crippen LogP contribution < -0.4 is 14.8 Å². The summed E-state index contributed by atoms with van der Waals surface area (Å²) in [6.45, 7) is 3.52. The van der Waals surface area contributed by atoms with E-state index < -0.39 is 10.2 Å². The zero-order valence-corrected chi connectivity index (χ0v) is 15.0. The third kappa shape index (κ3) is 3.06. The Morgan fingerprint density at radius 2 is 2.00 bits per heavy atom. The Bertz CT molecular complexity index is 840. The molecule has 3 rings (SSSR count). The Morgan fingerprint density at radius 3 is 2.58 bits per heavy atom. The lowest BCUT2D eigenvalue weighted by molar-refractivity contribution is 0.312. The van der Waals surface area contributed by atoms with Gasteiger partial charge in [-0.3, -0.25) is 0 Å². The van der Waals surface area contributed by atoms with E-state index in [0.717, 1.165) is 42.7 Å². The van der Waals surface area contributed by atoms with Gasteiger partial charge in [0.15, 0.2) is 0 Å². The second kappa shape index (κ2) is 6.23. The highest BCUT2D eigenvalue weighted by Crippen LogP contribution is 2.29. The zero-order valence-electron chi connectivity index (χ0n) is 14.1. The van der Waals surface area contributed by atoms with E-state index >= 15 is 0 Å². The number of hydrogen-bond acceptors (Lipinski definition) is 5. The maximum atomic E-state index is 11.5. The molecule has 9 heteroatoms. The summed E-state index contributed by atoms with van der Waals surface area (Å²) in [5, 5.41) is 9.64. The van der Waals surface area contributed by atoms with Gasteiger partial charge in [0.2, 0.25) is 5.88 Å². The number of rotatable bonds is 4. The Balaban J connectivity index is 1.83. The van der Waals surface area contributed by atoms with Crippen molar-refractivity contribution in [1.82, 2.24) is 13.9 Å². The predicted octanol–water partition coefficient (Wildman–Crippen LogP) is 0.755. The zero-order chi connectivity index (χ0) is 17.5. The van der Waals surface area contributed by atoms with Crippen molar-refractivity contribution in [3.63, 3.8) is 0 Å². The summed E-state index contributed by atoms with van der Waals surface area (Å²) in [7, 11) is -0.471. The van der Waals surface area contributed by atoms with Crippen LogP contribution in [0.25, 0.3) is 5.52 Å². The van der Waals surface area contributed by atoms with Crippen LogP contribution in [0.2, 0.25) is 0 Å². The van der Waals surface area contributed by atoms with E-state index in [9.17, 15) is 8.42 Å². The van der Waals surface area contributed by atoms with Crippen LogP contribution in [0, 0.1) is 6.92 Å². The lowest BCUT2D eigenvalue weighted by Gasteiger charge is -2.36. The van der Waals surface area contributed by atoms with Crippen molar-refractivity contribution in [2.24, 2.45) is 5.14 Å². The van der Waals surface area contributed by atoms with Gasteiger partial charge in [0.05, 0.1) is 24.5 Å². The van der Waals surface area contributed by atoms with Crippen LogP contribution in [-0.2, 0) is 10.2 Å². The molecule has 0 spiro atoms. The number of aromatic nitrogens is 2. The van der Waals surface area contributed by atoms with Gasteiger partial charge in [-0.25, -0.2) is 5.14 Å². The van der Waals surface area contributed by atoms with Crippen LogP contribution in [0.5, 0.6) is 5.88 Å². The van der Waals surface area contributed by atoms with Crippen LogP contribution in [0.1, 0.15) is 18.4 Å². The number of methoxy groups -OCH3 is 1. The highest BCUT2D eigenvalue weighted by atomic mass is 32.2. The second-order valence-corrected chi connectivity index (χ2v) is 7.79. The molecular weight excluding hydrogens is 330 g/mol. The van der Waals surface area contributed by atoms with Crippen molar-refractivity contribution in [3.05, 3.63) is 23.9 Å². The van der Waals surface area contributed by atoms with Crippen LogP contribution in [0.3, 0.4) is 0 Å². The van der Waals surface area contributed by atoms with E-state index in [1.807, 2.05) is 19.2 Å². The first-order valence-corrected chi connectivity index (χ1v) is 9.34.